The second-order valence-corrected chi connectivity index (χ2v) is 10.4. The lowest BCUT2D eigenvalue weighted by atomic mass is 9.63. The fourth-order valence-electron chi connectivity index (χ4n) is 6.77. The predicted molar refractivity (Wildman–Crippen MR) is 122 cm³/mol. The van der Waals surface area contributed by atoms with Crippen molar-refractivity contribution in [1.82, 2.24) is 0 Å². The number of unbranched alkanes of at least 4 members (excludes halogenated alkanes) is 2. The van der Waals surface area contributed by atoms with E-state index in [0.29, 0.717) is 5.92 Å². The Labute approximate surface area is 178 Å². The Hall–Kier alpha value is -1.11. The van der Waals surface area contributed by atoms with Gasteiger partial charge in [-0.25, -0.2) is 4.39 Å². The zero-order chi connectivity index (χ0) is 20.2. The molecule has 0 radical (unpaired) electrons. The lowest BCUT2D eigenvalue weighted by Gasteiger charge is -2.42. The Kier molecular flexibility index (Phi) is 7.14. The third-order valence-corrected chi connectivity index (χ3v) is 8.42. The molecule has 0 bridgehead atoms. The topological polar surface area (TPSA) is 0 Å². The van der Waals surface area contributed by atoms with Crippen LogP contribution in [0.4, 0.5) is 4.39 Å². The number of fused-ring (bicyclic) bond motifs is 2. The molecular weight excluding hydrogens is 355 g/mol. The summed E-state index contributed by atoms with van der Waals surface area (Å²) in [6.45, 7) is 4.42. The van der Waals surface area contributed by atoms with Gasteiger partial charge in [0.05, 0.1) is 0 Å². The predicted octanol–water partition coefficient (Wildman–Crippen LogP) is 8.39. The second kappa shape index (κ2) is 9.80. The molecule has 2 saturated carbocycles. The van der Waals surface area contributed by atoms with Crippen LogP contribution in [0.25, 0.3) is 0 Å². The van der Waals surface area contributed by atoms with Crippen LogP contribution in [0.1, 0.15) is 107 Å². The minimum absolute atomic E-state index is 0.101. The van der Waals surface area contributed by atoms with Crippen molar-refractivity contribution in [2.24, 2.45) is 23.7 Å². The molecule has 3 aliphatic carbocycles. The van der Waals surface area contributed by atoms with Crippen LogP contribution in [0.3, 0.4) is 0 Å². The first-order valence-corrected chi connectivity index (χ1v) is 12.6. The van der Waals surface area contributed by atoms with Crippen molar-refractivity contribution in [3.05, 3.63) is 46.8 Å². The van der Waals surface area contributed by atoms with E-state index in [2.05, 4.69) is 32.1 Å². The van der Waals surface area contributed by atoms with Gasteiger partial charge < -0.3 is 0 Å². The zero-order valence-electron chi connectivity index (χ0n) is 18.8. The molecule has 0 heterocycles. The van der Waals surface area contributed by atoms with Gasteiger partial charge in [-0.05, 0) is 117 Å². The van der Waals surface area contributed by atoms with Gasteiger partial charge in [0.15, 0.2) is 0 Å². The van der Waals surface area contributed by atoms with Crippen molar-refractivity contribution >= 4 is 0 Å². The van der Waals surface area contributed by atoms with Gasteiger partial charge in [0, 0.05) is 0 Å². The Morgan fingerprint density at radius 1 is 0.966 bits per heavy atom. The van der Waals surface area contributed by atoms with Crippen LogP contribution in [-0.2, 0) is 12.8 Å². The SMILES string of the molecule is C/C=C/C1CCC2CC(c3cc4c(cc3F)CC(CCCCC)CC4)CCC2C1. The maximum Gasteiger partial charge on any atom is 0.126 e. The fourth-order valence-corrected chi connectivity index (χ4v) is 6.77. The summed E-state index contributed by atoms with van der Waals surface area (Å²) in [5.74, 6) is 3.84. The van der Waals surface area contributed by atoms with Crippen LogP contribution in [0.15, 0.2) is 24.3 Å². The average molecular weight is 397 g/mol. The summed E-state index contributed by atoms with van der Waals surface area (Å²) in [4.78, 5) is 0. The molecule has 0 amide bonds. The maximum absolute atomic E-state index is 15.2. The number of benzene rings is 1. The number of hydrogen-bond acceptors (Lipinski definition) is 0. The van der Waals surface area contributed by atoms with E-state index in [9.17, 15) is 0 Å². The van der Waals surface area contributed by atoms with Crippen molar-refractivity contribution in [3.8, 4) is 0 Å². The molecule has 5 unspecified atom stereocenters. The van der Waals surface area contributed by atoms with Crippen LogP contribution in [0.5, 0.6) is 0 Å². The minimum atomic E-state index is 0.101. The van der Waals surface area contributed by atoms with E-state index in [1.165, 1.54) is 88.2 Å². The Morgan fingerprint density at radius 2 is 1.79 bits per heavy atom. The highest BCUT2D eigenvalue weighted by Gasteiger charge is 2.36. The summed E-state index contributed by atoms with van der Waals surface area (Å²) >= 11 is 0. The third kappa shape index (κ3) is 4.97. The molecule has 2 fully saturated rings. The van der Waals surface area contributed by atoms with E-state index in [-0.39, 0.29) is 5.82 Å². The molecule has 0 aliphatic heterocycles. The molecule has 3 aliphatic rings. The fraction of sp³-hybridized carbons (Fsp3) is 0.714. The van der Waals surface area contributed by atoms with Gasteiger partial charge in [0.1, 0.15) is 5.82 Å². The van der Waals surface area contributed by atoms with Gasteiger partial charge in [-0.3, -0.25) is 0 Å². The molecule has 1 aromatic carbocycles. The lowest BCUT2D eigenvalue weighted by molar-refractivity contribution is 0.132. The van der Waals surface area contributed by atoms with E-state index >= 15 is 4.39 Å². The minimum Gasteiger partial charge on any atom is -0.207 e. The number of halogens is 1. The number of rotatable bonds is 6. The Bertz CT molecular complexity index is 703. The smallest absolute Gasteiger partial charge is 0.126 e. The molecule has 0 spiro atoms. The summed E-state index contributed by atoms with van der Waals surface area (Å²) in [6, 6.07) is 4.23. The molecular formula is C28H41F. The van der Waals surface area contributed by atoms with Gasteiger partial charge in [-0.1, -0.05) is 50.8 Å². The van der Waals surface area contributed by atoms with Gasteiger partial charge in [0.2, 0.25) is 0 Å². The molecule has 4 rings (SSSR count). The van der Waals surface area contributed by atoms with E-state index in [1.807, 2.05) is 6.07 Å². The van der Waals surface area contributed by atoms with Gasteiger partial charge in [0.25, 0.3) is 0 Å². The first-order chi connectivity index (χ1) is 14.2. The quantitative estimate of drug-likeness (QED) is 0.334. The molecule has 160 valence electrons. The molecule has 0 N–H and O–H groups in total. The molecule has 1 aromatic rings. The van der Waals surface area contributed by atoms with Crippen LogP contribution in [-0.4, -0.2) is 0 Å². The zero-order valence-corrected chi connectivity index (χ0v) is 18.8. The molecule has 0 nitrogen and oxygen atoms in total. The summed E-state index contributed by atoms with van der Waals surface area (Å²) in [7, 11) is 0. The van der Waals surface area contributed by atoms with E-state index < -0.39 is 0 Å². The highest BCUT2D eigenvalue weighted by Crippen LogP contribution is 2.48. The lowest BCUT2D eigenvalue weighted by Crippen LogP contribution is -2.30. The summed E-state index contributed by atoms with van der Waals surface area (Å²) in [6.07, 6.45) is 21.3. The molecule has 5 atom stereocenters. The molecule has 1 heteroatoms. The summed E-state index contributed by atoms with van der Waals surface area (Å²) in [5.41, 5.74) is 3.84. The summed E-state index contributed by atoms with van der Waals surface area (Å²) < 4.78 is 15.2. The van der Waals surface area contributed by atoms with Crippen LogP contribution < -0.4 is 0 Å². The van der Waals surface area contributed by atoms with Crippen molar-refractivity contribution in [1.29, 1.82) is 0 Å². The monoisotopic (exact) mass is 396 g/mol. The van der Waals surface area contributed by atoms with Crippen LogP contribution >= 0.6 is 0 Å². The molecule has 0 aromatic heterocycles. The van der Waals surface area contributed by atoms with Crippen molar-refractivity contribution < 1.29 is 4.39 Å². The molecule has 29 heavy (non-hydrogen) atoms. The van der Waals surface area contributed by atoms with Crippen molar-refractivity contribution in [2.75, 3.05) is 0 Å². The van der Waals surface area contributed by atoms with Crippen molar-refractivity contribution in [2.45, 2.75) is 103 Å². The largest absolute Gasteiger partial charge is 0.207 e. The third-order valence-electron chi connectivity index (χ3n) is 8.42. The highest BCUT2D eigenvalue weighted by atomic mass is 19.1. The average Bonchev–Trinajstić information content (AvgIpc) is 2.73. The normalized spacial score (nSPS) is 32.2. The van der Waals surface area contributed by atoms with Crippen molar-refractivity contribution in [3.63, 3.8) is 0 Å². The molecule has 0 saturated heterocycles. The maximum atomic E-state index is 15.2. The van der Waals surface area contributed by atoms with Crippen LogP contribution in [0.2, 0.25) is 0 Å². The van der Waals surface area contributed by atoms with E-state index in [4.69, 9.17) is 0 Å². The Balaban J connectivity index is 1.40. The highest BCUT2D eigenvalue weighted by molar-refractivity contribution is 5.37. The van der Waals surface area contributed by atoms with E-state index in [0.717, 1.165) is 35.7 Å². The Morgan fingerprint density at radius 3 is 2.62 bits per heavy atom. The van der Waals surface area contributed by atoms with E-state index in [1.54, 1.807) is 0 Å². The van der Waals surface area contributed by atoms with Gasteiger partial charge >= 0.3 is 0 Å². The van der Waals surface area contributed by atoms with Gasteiger partial charge in [-0.2, -0.15) is 0 Å². The number of aryl methyl sites for hydroxylation is 1. The number of hydrogen-bond donors (Lipinski definition) is 0. The number of allylic oxidation sites excluding steroid dienone is 2. The standard InChI is InChI=1S/C28H41F/c1-3-5-6-8-21-10-12-24-18-27(28(29)19-26(24)16-21)25-14-13-22-15-20(7-4-2)9-11-23(22)17-25/h4,7,18-23,25H,3,5-6,8-17H2,1-2H3/b7-4+. The second-order valence-electron chi connectivity index (χ2n) is 10.4. The van der Waals surface area contributed by atoms with Crippen LogP contribution in [0, 0.1) is 29.5 Å². The van der Waals surface area contributed by atoms with Gasteiger partial charge in [-0.15, -0.1) is 0 Å². The first-order valence-electron chi connectivity index (χ1n) is 12.6. The summed E-state index contributed by atoms with van der Waals surface area (Å²) in [5, 5.41) is 0. The first kappa shape index (κ1) is 21.1.